The average Bonchev–Trinajstić information content (AvgIpc) is 2.76. The molecule has 21 heavy (non-hydrogen) atoms. The molecule has 0 saturated carbocycles. The van der Waals surface area contributed by atoms with Gasteiger partial charge in [-0.15, -0.1) is 0 Å². The number of carbonyl (C=O) groups is 1. The molecule has 0 spiro atoms. The topological polar surface area (TPSA) is 52.3 Å². The summed E-state index contributed by atoms with van der Waals surface area (Å²) in [6, 6.07) is 10.6. The maximum atomic E-state index is 12.7. The molecule has 0 bridgehead atoms. The van der Waals surface area contributed by atoms with Gasteiger partial charge >= 0.3 is 0 Å². The fraction of sp³-hybridized carbons (Fsp3) is 0.235. The normalized spacial score (nSPS) is 15.4. The van der Waals surface area contributed by atoms with Crippen molar-refractivity contribution in [1.82, 2.24) is 0 Å². The highest BCUT2D eigenvalue weighted by atomic mass is 35.5. The van der Waals surface area contributed by atoms with E-state index in [2.05, 4.69) is 13.8 Å². The quantitative estimate of drug-likeness (QED) is 0.677. The monoisotopic (exact) mass is 301 g/mol. The number of halogens is 1. The first-order valence-electron chi connectivity index (χ1n) is 6.76. The van der Waals surface area contributed by atoms with Crippen LogP contribution in [0.5, 0.6) is 5.75 Å². The standard InChI is InChI=1S/C17H16ClNO2/c1-17(2)9-21-14-7-6-10(8-12(14)17)16(20)11-4-3-5-13(18)15(11)19/h3-8H,9,19H2,1-2H3. The van der Waals surface area contributed by atoms with E-state index in [1.165, 1.54) is 0 Å². The Kier molecular flexibility index (Phi) is 3.18. The van der Waals surface area contributed by atoms with E-state index in [1.54, 1.807) is 24.3 Å². The predicted molar refractivity (Wildman–Crippen MR) is 84.3 cm³/mol. The molecule has 0 aliphatic carbocycles. The summed E-state index contributed by atoms with van der Waals surface area (Å²) in [6.45, 7) is 4.82. The van der Waals surface area contributed by atoms with Gasteiger partial charge in [-0.3, -0.25) is 4.79 Å². The van der Waals surface area contributed by atoms with Crippen LogP contribution in [0.4, 0.5) is 5.69 Å². The van der Waals surface area contributed by atoms with Crippen LogP contribution in [0.25, 0.3) is 0 Å². The first-order valence-corrected chi connectivity index (χ1v) is 7.14. The highest BCUT2D eigenvalue weighted by Gasteiger charge is 2.32. The Hall–Kier alpha value is -2.00. The van der Waals surface area contributed by atoms with Gasteiger partial charge < -0.3 is 10.5 Å². The number of hydrogen-bond donors (Lipinski definition) is 1. The van der Waals surface area contributed by atoms with Crippen molar-refractivity contribution in [2.75, 3.05) is 12.3 Å². The molecule has 3 nitrogen and oxygen atoms in total. The second-order valence-corrected chi connectivity index (χ2v) is 6.32. The van der Waals surface area contributed by atoms with Crippen LogP contribution in [-0.2, 0) is 5.41 Å². The van der Waals surface area contributed by atoms with Crippen LogP contribution in [-0.4, -0.2) is 12.4 Å². The summed E-state index contributed by atoms with van der Waals surface area (Å²) in [5, 5.41) is 0.394. The fourth-order valence-corrected chi connectivity index (χ4v) is 2.73. The summed E-state index contributed by atoms with van der Waals surface area (Å²) < 4.78 is 5.64. The minimum absolute atomic E-state index is 0.0918. The molecule has 0 amide bonds. The van der Waals surface area contributed by atoms with Crippen LogP contribution < -0.4 is 10.5 Å². The minimum atomic E-state index is -0.125. The van der Waals surface area contributed by atoms with Crippen LogP contribution in [0, 0.1) is 0 Å². The van der Waals surface area contributed by atoms with Gasteiger partial charge in [-0.1, -0.05) is 31.5 Å². The van der Waals surface area contributed by atoms with Gasteiger partial charge in [0.25, 0.3) is 0 Å². The summed E-state index contributed by atoms with van der Waals surface area (Å²) in [4.78, 5) is 12.7. The lowest BCUT2D eigenvalue weighted by Crippen LogP contribution is -2.18. The molecule has 1 aliphatic heterocycles. The van der Waals surface area contributed by atoms with Crippen molar-refractivity contribution in [3.63, 3.8) is 0 Å². The number of ketones is 1. The molecule has 0 fully saturated rings. The fourth-order valence-electron chi connectivity index (χ4n) is 2.55. The molecule has 0 radical (unpaired) electrons. The molecule has 1 heterocycles. The van der Waals surface area contributed by atoms with Gasteiger partial charge in [0.15, 0.2) is 5.78 Å². The molecule has 3 rings (SSSR count). The lowest BCUT2D eigenvalue weighted by atomic mass is 9.85. The van der Waals surface area contributed by atoms with Gasteiger partial charge in [-0.25, -0.2) is 0 Å². The lowest BCUT2D eigenvalue weighted by molar-refractivity contribution is 0.103. The molecule has 0 aromatic heterocycles. The van der Waals surface area contributed by atoms with E-state index in [0.717, 1.165) is 11.3 Å². The number of rotatable bonds is 2. The van der Waals surface area contributed by atoms with Crippen LogP contribution in [0.3, 0.4) is 0 Å². The number of benzene rings is 2. The molecule has 0 atom stereocenters. The zero-order chi connectivity index (χ0) is 15.2. The number of ether oxygens (including phenoxy) is 1. The largest absolute Gasteiger partial charge is 0.492 e. The summed E-state index contributed by atoms with van der Waals surface area (Å²) in [5.74, 6) is 0.719. The number of carbonyl (C=O) groups excluding carboxylic acids is 1. The molecule has 2 aromatic rings. The molecule has 0 saturated heterocycles. The van der Waals surface area contributed by atoms with Crippen molar-refractivity contribution < 1.29 is 9.53 Å². The van der Waals surface area contributed by atoms with Crippen LogP contribution in [0.2, 0.25) is 5.02 Å². The molecule has 2 aromatic carbocycles. The summed E-state index contributed by atoms with van der Waals surface area (Å²) in [6.07, 6.45) is 0. The second kappa shape index (κ2) is 4.78. The number of anilines is 1. The Morgan fingerprint density at radius 1 is 1.29 bits per heavy atom. The van der Waals surface area contributed by atoms with Gasteiger partial charge in [0.2, 0.25) is 0 Å². The third-order valence-electron chi connectivity index (χ3n) is 3.86. The third kappa shape index (κ3) is 2.28. The van der Waals surface area contributed by atoms with E-state index in [4.69, 9.17) is 22.1 Å². The molecule has 108 valence electrons. The first-order chi connectivity index (χ1) is 9.90. The Morgan fingerprint density at radius 2 is 2.05 bits per heavy atom. The number of fused-ring (bicyclic) bond motifs is 1. The van der Waals surface area contributed by atoms with E-state index in [0.29, 0.717) is 28.4 Å². The van der Waals surface area contributed by atoms with Gasteiger partial charge in [0.1, 0.15) is 5.75 Å². The van der Waals surface area contributed by atoms with Crippen molar-refractivity contribution in [3.05, 3.63) is 58.1 Å². The van der Waals surface area contributed by atoms with Crippen molar-refractivity contribution in [2.24, 2.45) is 0 Å². The Balaban J connectivity index is 2.06. The Morgan fingerprint density at radius 3 is 2.81 bits per heavy atom. The van der Waals surface area contributed by atoms with E-state index >= 15 is 0 Å². The molecular formula is C17H16ClNO2. The van der Waals surface area contributed by atoms with E-state index in [-0.39, 0.29) is 11.2 Å². The molecule has 4 heteroatoms. The summed E-state index contributed by atoms with van der Waals surface area (Å²) >= 11 is 5.99. The molecule has 0 unspecified atom stereocenters. The highest BCUT2D eigenvalue weighted by Crippen LogP contribution is 2.39. The lowest BCUT2D eigenvalue weighted by Gasteiger charge is -2.15. The minimum Gasteiger partial charge on any atom is -0.492 e. The second-order valence-electron chi connectivity index (χ2n) is 5.91. The summed E-state index contributed by atoms with van der Waals surface area (Å²) in [7, 11) is 0. The van der Waals surface area contributed by atoms with Crippen molar-refractivity contribution >= 4 is 23.1 Å². The Bertz CT molecular complexity index is 738. The van der Waals surface area contributed by atoms with Crippen molar-refractivity contribution in [1.29, 1.82) is 0 Å². The maximum absolute atomic E-state index is 12.7. The van der Waals surface area contributed by atoms with Gasteiger partial charge in [0, 0.05) is 22.1 Å². The van der Waals surface area contributed by atoms with Gasteiger partial charge in [-0.05, 0) is 30.3 Å². The first kappa shape index (κ1) is 14.0. The molecule has 2 N–H and O–H groups in total. The number of nitrogen functional groups attached to an aromatic ring is 1. The van der Waals surface area contributed by atoms with E-state index in [1.807, 2.05) is 12.1 Å². The molecular weight excluding hydrogens is 286 g/mol. The van der Waals surface area contributed by atoms with Crippen LogP contribution in [0.1, 0.15) is 35.3 Å². The number of para-hydroxylation sites is 1. The van der Waals surface area contributed by atoms with Crippen molar-refractivity contribution in [3.8, 4) is 5.75 Å². The van der Waals surface area contributed by atoms with Crippen molar-refractivity contribution in [2.45, 2.75) is 19.3 Å². The SMILES string of the molecule is CC1(C)COc2ccc(C(=O)c3cccc(Cl)c3N)cc21. The third-order valence-corrected chi connectivity index (χ3v) is 4.19. The maximum Gasteiger partial charge on any atom is 0.195 e. The van der Waals surface area contributed by atoms with Crippen LogP contribution in [0.15, 0.2) is 36.4 Å². The van der Waals surface area contributed by atoms with Gasteiger partial charge in [0.05, 0.1) is 17.3 Å². The summed E-state index contributed by atoms with van der Waals surface area (Å²) in [5.41, 5.74) is 8.22. The molecule has 1 aliphatic rings. The zero-order valence-electron chi connectivity index (χ0n) is 11.9. The Labute approximate surface area is 128 Å². The average molecular weight is 302 g/mol. The van der Waals surface area contributed by atoms with E-state index in [9.17, 15) is 4.79 Å². The van der Waals surface area contributed by atoms with Crippen LogP contribution >= 0.6 is 11.6 Å². The zero-order valence-corrected chi connectivity index (χ0v) is 12.7. The highest BCUT2D eigenvalue weighted by molar-refractivity contribution is 6.34. The number of nitrogens with two attached hydrogens (primary N) is 1. The predicted octanol–water partition coefficient (Wildman–Crippen LogP) is 3.82. The van der Waals surface area contributed by atoms with E-state index < -0.39 is 0 Å². The smallest absolute Gasteiger partial charge is 0.195 e. The van der Waals surface area contributed by atoms with Gasteiger partial charge in [-0.2, -0.15) is 0 Å². The number of hydrogen-bond acceptors (Lipinski definition) is 3.